The predicted molar refractivity (Wildman–Crippen MR) is 53.8 cm³/mol. The number of amides is 2. The van der Waals surface area contributed by atoms with Crippen LogP contribution in [0.15, 0.2) is 0 Å². The van der Waals surface area contributed by atoms with Crippen LogP contribution >= 0.6 is 11.9 Å². The van der Waals surface area contributed by atoms with Crippen LogP contribution in [-0.4, -0.2) is 24.9 Å². The van der Waals surface area contributed by atoms with E-state index < -0.39 is 6.03 Å². The van der Waals surface area contributed by atoms with E-state index in [0.29, 0.717) is 6.61 Å². The fourth-order valence-corrected chi connectivity index (χ4v) is 0.812. The molecule has 13 heavy (non-hydrogen) atoms. The van der Waals surface area contributed by atoms with Crippen LogP contribution in [0.3, 0.4) is 0 Å². The molecule has 0 atom stereocenters. The summed E-state index contributed by atoms with van der Waals surface area (Å²) in [5.41, 5.74) is 0. The molecule has 0 spiro atoms. The number of hydrogen-bond acceptors (Lipinski definition) is 4. The van der Waals surface area contributed by atoms with E-state index in [1.807, 2.05) is 6.92 Å². The summed E-state index contributed by atoms with van der Waals surface area (Å²) in [7, 11) is 0. The fourth-order valence-electron chi connectivity index (χ4n) is 0.576. The molecule has 2 amide bonds. The highest BCUT2D eigenvalue weighted by Crippen LogP contribution is 1.88. The van der Waals surface area contributed by atoms with E-state index in [4.69, 9.17) is 10.1 Å². The van der Waals surface area contributed by atoms with Crippen LogP contribution in [0, 0.1) is 5.41 Å². The van der Waals surface area contributed by atoms with Crippen LogP contribution in [0.1, 0.15) is 19.8 Å². The van der Waals surface area contributed by atoms with Crippen molar-refractivity contribution in [3.8, 4) is 0 Å². The molecule has 76 valence electrons. The van der Waals surface area contributed by atoms with Crippen LogP contribution in [0.5, 0.6) is 0 Å². The number of unbranched alkanes of at least 4 members (excludes halogenated alkanes) is 1. The van der Waals surface area contributed by atoms with Crippen molar-refractivity contribution >= 4 is 24.0 Å². The number of amidine groups is 1. The molecule has 0 aliphatic heterocycles. The molecular weight excluding hydrogens is 190 g/mol. The van der Waals surface area contributed by atoms with Gasteiger partial charge in [-0.1, -0.05) is 25.3 Å². The van der Waals surface area contributed by atoms with E-state index in [-0.39, 0.29) is 6.02 Å². The molecule has 6 heteroatoms. The summed E-state index contributed by atoms with van der Waals surface area (Å²) in [5.74, 6) is 0. The summed E-state index contributed by atoms with van der Waals surface area (Å²) >= 11 is 1.17. The van der Waals surface area contributed by atoms with Gasteiger partial charge in [-0.25, -0.2) is 4.79 Å². The van der Waals surface area contributed by atoms with Gasteiger partial charge in [0.25, 0.3) is 6.02 Å². The molecular formula is C7H15N3O2S. The van der Waals surface area contributed by atoms with E-state index in [1.165, 1.54) is 11.9 Å². The van der Waals surface area contributed by atoms with Crippen LogP contribution in [-0.2, 0) is 4.74 Å². The molecule has 3 N–H and O–H groups in total. The van der Waals surface area contributed by atoms with Gasteiger partial charge in [0.15, 0.2) is 0 Å². The Hall–Kier alpha value is -0.910. The maximum atomic E-state index is 10.8. The van der Waals surface area contributed by atoms with Crippen LogP contribution in [0.2, 0.25) is 0 Å². The average molecular weight is 205 g/mol. The van der Waals surface area contributed by atoms with E-state index in [2.05, 4.69) is 10.0 Å². The minimum Gasteiger partial charge on any atom is -0.465 e. The first-order valence-electron chi connectivity index (χ1n) is 4.02. The molecule has 0 aromatic rings. The van der Waals surface area contributed by atoms with Gasteiger partial charge in [0.2, 0.25) is 0 Å². The Balaban J connectivity index is 3.44. The van der Waals surface area contributed by atoms with Gasteiger partial charge in [0.1, 0.15) is 0 Å². The third-order valence-electron chi connectivity index (χ3n) is 1.17. The van der Waals surface area contributed by atoms with Crippen molar-refractivity contribution in [2.24, 2.45) is 0 Å². The number of hydrogen-bond donors (Lipinski definition) is 3. The lowest BCUT2D eigenvalue weighted by molar-refractivity contribution is 0.242. The minimum atomic E-state index is -0.436. The Morgan fingerprint density at radius 2 is 2.31 bits per heavy atom. The normalized spacial score (nSPS) is 9.08. The van der Waals surface area contributed by atoms with E-state index in [1.54, 1.807) is 6.26 Å². The summed E-state index contributed by atoms with van der Waals surface area (Å²) in [4.78, 5) is 10.8. The number of carbonyl (C=O) groups is 1. The topological polar surface area (TPSA) is 74.2 Å². The van der Waals surface area contributed by atoms with Crippen molar-refractivity contribution in [3.05, 3.63) is 0 Å². The minimum absolute atomic E-state index is 0.208. The molecule has 0 saturated carbocycles. The van der Waals surface area contributed by atoms with Crippen molar-refractivity contribution in [2.75, 3.05) is 12.9 Å². The highest BCUT2D eigenvalue weighted by Gasteiger charge is 2.02. The summed E-state index contributed by atoms with van der Waals surface area (Å²) in [6.45, 7) is 2.50. The van der Waals surface area contributed by atoms with Gasteiger partial charge < -0.3 is 4.74 Å². The van der Waals surface area contributed by atoms with Gasteiger partial charge >= 0.3 is 6.03 Å². The summed E-state index contributed by atoms with van der Waals surface area (Å²) in [6, 6.07) is -0.644. The molecule has 0 aliphatic rings. The lowest BCUT2D eigenvalue weighted by Gasteiger charge is -2.07. The van der Waals surface area contributed by atoms with Gasteiger partial charge in [-0.15, -0.1) is 0 Å². The van der Waals surface area contributed by atoms with Crippen molar-refractivity contribution in [1.82, 2.24) is 10.0 Å². The Kier molecular flexibility index (Phi) is 7.18. The van der Waals surface area contributed by atoms with Gasteiger partial charge in [0.05, 0.1) is 6.61 Å². The fraction of sp³-hybridized carbons (Fsp3) is 0.714. The maximum absolute atomic E-state index is 10.8. The first-order valence-corrected chi connectivity index (χ1v) is 5.24. The second-order valence-electron chi connectivity index (χ2n) is 2.29. The molecule has 0 radical (unpaired) electrons. The standard InChI is InChI=1S/C7H15N3O2S/c1-3-4-5-12-6(8)9-7(11)10-13-2/h3-5H2,1-2H3,(H3,8,9,10,11). The first-order chi connectivity index (χ1) is 6.20. The Morgan fingerprint density at radius 3 is 2.85 bits per heavy atom. The lowest BCUT2D eigenvalue weighted by Crippen LogP contribution is -2.37. The molecule has 0 aromatic heterocycles. The van der Waals surface area contributed by atoms with Crippen LogP contribution in [0.4, 0.5) is 4.79 Å². The average Bonchev–Trinajstić information content (AvgIpc) is 2.05. The zero-order valence-electron chi connectivity index (χ0n) is 7.85. The Morgan fingerprint density at radius 1 is 1.62 bits per heavy atom. The molecule has 0 heterocycles. The molecule has 0 bridgehead atoms. The van der Waals surface area contributed by atoms with E-state index in [9.17, 15) is 4.79 Å². The molecule has 0 rings (SSSR count). The predicted octanol–water partition coefficient (Wildman–Crippen LogP) is 1.32. The molecule has 0 unspecified atom stereocenters. The largest absolute Gasteiger partial charge is 0.465 e. The smallest absolute Gasteiger partial charge is 0.332 e. The van der Waals surface area contributed by atoms with Gasteiger partial charge in [0, 0.05) is 6.26 Å². The molecule has 0 aliphatic carbocycles. The third-order valence-corrected chi connectivity index (χ3v) is 1.56. The van der Waals surface area contributed by atoms with Crippen LogP contribution in [0.25, 0.3) is 0 Å². The SMILES string of the molecule is CCCCOC(=N)NC(=O)NSC. The van der Waals surface area contributed by atoms with Crippen molar-refractivity contribution in [1.29, 1.82) is 5.41 Å². The maximum Gasteiger partial charge on any atom is 0.332 e. The first kappa shape index (κ1) is 12.1. The van der Waals surface area contributed by atoms with E-state index >= 15 is 0 Å². The summed E-state index contributed by atoms with van der Waals surface area (Å²) in [6.07, 6.45) is 3.61. The highest BCUT2D eigenvalue weighted by molar-refractivity contribution is 7.97. The van der Waals surface area contributed by atoms with Gasteiger partial charge in [-0.3, -0.25) is 15.4 Å². The molecule has 0 fully saturated rings. The Labute approximate surface area is 82.2 Å². The van der Waals surface area contributed by atoms with Crippen molar-refractivity contribution in [3.63, 3.8) is 0 Å². The number of nitrogens with one attached hydrogen (secondary N) is 3. The molecule has 0 saturated heterocycles. The zero-order valence-corrected chi connectivity index (χ0v) is 8.66. The summed E-state index contributed by atoms with van der Waals surface area (Å²) < 4.78 is 7.31. The van der Waals surface area contributed by atoms with Crippen molar-refractivity contribution < 1.29 is 9.53 Å². The quantitative estimate of drug-likeness (QED) is 0.280. The van der Waals surface area contributed by atoms with Gasteiger partial charge in [-0.05, 0) is 6.42 Å². The highest BCUT2D eigenvalue weighted by atomic mass is 32.2. The molecule has 0 aromatic carbocycles. The van der Waals surface area contributed by atoms with Crippen LogP contribution < -0.4 is 10.0 Å². The number of carbonyl (C=O) groups excluding carboxylic acids is 1. The Bertz CT molecular complexity index is 175. The molecule has 5 nitrogen and oxygen atoms in total. The van der Waals surface area contributed by atoms with Gasteiger partial charge in [-0.2, -0.15) is 0 Å². The number of rotatable bonds is 4. The van der Waals surface area contributed by atoms with E-state index in [0.717, 1.165) is 12.8 Å². The third kappa shape index (κ3) is 7.45. The monoisotopic (exact) mass is 205 g/mol. The number of ether oxygens (including phenoxy) is 1. The summed E-state index contributed by atoms with van der Waals surface area (Å²) in [5, 5.41) is 9.40. The zero-order chi connectivity index (χ0) is 10.1. The lowest BCUT2D eigenvalue weighted by atomic mass is 10.4. The second-order valence-corrected chi connectivity index (χ2v) is 2.90. The number of urea groups is 1. The van der Waals surface area contributed by atoms with Crippen molar-refractivity contribution in [2.45, 2.75) is 19.8 Å². The second kappa shape index (κ2) is 7.72.